The van der Waals surface area contributed by atoms with E-state index in [1.807, 2.05) is 0 Å². The lowest BCUT2D eigenvalue weighted by molar-refractivity contribution is 0.232. The van der Waals surface area contributed by atoms with E-state index in [9.17, 15) is 0 Å². The summed E-state index contributed by atoms with van der Waals surface area (Å²) in [6, 6.07) is 2.30. The zero-order valence-electron chi connectivity index (χ0n) is 10.6. The molecule has 0 saturated heterocycles. The zero-order valence-corrected chi connectivity index (χ0v) is 10.6. The van der Waals surface area contributed by atoms with Crippen molar-refractivity contribution in [3.63, 3.8) is 0 Å². The molecule has 1 N–H and O–H groups in total. The first kappa shape index (κ1) is 12.5. The highest BCUT2D eigenvalue weighted by atomic mass is 14.9. The average molecular weight is 208 g/mol. The van der Waals surface area contributed by atoms with Gasteiger partial charge in [-0.05, 0) is 29.6 Å². The third-order valence-corrected chi connectivity index (χ3v) is 4.05. The molecule has 0 spiro atoms. The summed E-state index contributed by atoms with van der Waals surface area (Å²) in [6.07, 6.45) is 3.19. The van der Waals surface area contributed by atoms with E-state index in [4.69, 9.17) is 5.26 Å². The Kier molecular flexibility index (Phi) is 3.78. The van der Waals surface area contributed by atoms with Crippen molar-refractivity contribution in [1.82, 2.24) is 5.32 Å². The topological polar surface area (TPSA) is 35.8 Å². The second-order valence-corrected chi connectivity index (χ2v) is 6.08. The van der Waals surface area contributed by atoms with Crippen molar-refractivity contribution in [2.75, 3.05) is 13.1 Å². The molecule has 0 amide bonds. The lowest BCUT2D eigenvalue weighted by Gasteiger charge is -2.30. The molecule has 1 saturated carbocycles. The number of nitrogens with one attached hydrogen (secondary N) is 1. The van der Waals surface area contributed by atoms with E-state index in [0.29, 0.717) is 16.7 Å². The Bertz CT molecular complexity index is 244. The predicted octanol–water partition coefficient (Wildman–Crippen LogP) is 2.95. The molecule has 0 aromatic rings. The molecule has 0 aromatic carbocycles. The number of nitrogens with zero attached hydrogens (tertiary/aromatic N) is 1. The van der Waals surface area contributed by atoms with Crippen molar-refractivity contribution in [3.8, 4) is 6.07 Å². The fraction of sp³-hybridized carbons (Fsp3) is 0.923. The van der Waals surface area contributed by atoms with Crippen LogP contribution in [0.5, 0.6) is 0 Å². The van der Waals surface area contributed by atoms with Crippen molar-refractivity contribution in [1.29, 1.82) is 5.26 Å². The molecule has 0 aliphatic heterocycles. The Morgan fingerprint density at radius 1 is 1.40 bits per heavy atom. The van der Waals surface area contributed by atoms with Crippen LogP contribution in [-0.2, 0) is 0 Å². The molecule has 1 fully saturated rings. The average Bonchev–Trinajstić information content (AvgIpc) is 2.85. The van der Waals surface area contributed by atoms with Gasteiger partial charge in [0.25, 0.3) is 0 Å². The maximum atomic E-state index is 8.71. The molecule has 0 heterocycles. The fourth-order valence-electron chi connectivity index (χ4n) is 1.61. The standard InChI is InChI=1S/C13H24N2/c1-11(2)12(3,4)9-15-10-13(5-6-13)7-8-14/h11,15H,5-7,9-10H2,1-4H3. The van der Waals surface area contributed by atoms with Gasteiger partial charge in [-0.1, -0.05) is 27.7 Å². The lowest BCUT2D eigenvalue weighted by atomic mass is 9.81. The number of hydrogen-bond donors (Lipinski definition) is 1. The molecule has 1 aliphatic carbocycles. The van der Waals surface area contributed by atoms with Crippen LogP contribution in [0.25, 0.3) is 0 Å². The van der Waals surface area contributed by atoms with Gasteiger partial charge < -0.3 is 5.32 Å². The minimum absolute atomic E-state index is 0.335. The summed E-state index contributed by atoms with van der Waals surface area (Å²) in [5.74, 6) is 0.691. The first-order chi connectivity index (χ1) is 6.92. The summed E-state index contributed by atoms with van der Waals surface area (Å²) in [7, 11) is 0. The number of hydrogen-bond acceptors (Lipinski definition) is 2. The van der Waals surface area contributed by atoms with Gasteiger partial charge in [0.2, 0.25) is 0 Å². The van der Waals surface area contributed by atoms with E-state index in [1.54, 1.807) is 0 Å². The summed E-state index contributed by atoms with van der Waals surface area (Å²) in [5, 5.41) is 12.3. The Morgan fingerprint density at radius 3 is 2.40 bits per heavy atom. The molecule has 0 atom stereocenters. The van der Waals surface area contributed by atoms with Gasteiger partial charge in [-0.15, -0.1) is 0 Å². The normalized spacial score (nSPS) is 18.9. The molecular weight excluding hydrogens is 184 g/mol. The molecule has 1 rings (SSSR count). The van der Waals surface area contributed by atoms with Crippen LogP contribution >= 0.6 is 0 Å². The molecular formula is C13H24N2. The summed E-state index contributed by atoms with van der Waals surface area (Å²) < 4.78 is 0. The fourth-order valence-corrected chi connectivity index (χ4v) is 1.61. The second kappa shape index (κ2) is 4.53. The van der Waals surface area contributed by atoms with Crippen LogP contribution in [0.2, 0.25) is 0 Å². The van der Waals surface area contributed by atoms with E-state index < -0.39 is 0 Å². The van der Waals surface area contributed by atoms with Gasteiger partial charge in [0, 0.05) is 19.5 Å². The van der Waals surface area contributed by atoms with E-state index in [-0.39, 0.29) is 0 Å². The molecule has 0 bridgehead atoms. The van der Waals surface area contributed by atoms with Gasteiger partial charge in [-0.3, -0.25) is 0 Å². The summed E-state index contributed by atoms with van der Waals surface area (Å²) in [6.45, 7) is 11.2. The molecule has 0 radical (unpaired) electrons. The van der Waals surface area contributed by atoms with Crippen LogP contribution in [0.1, 0.15) is 47.0 Å². The highest BCUT2D eigenvalue weighted by Crippen LogP contribution is 2.47. The van der Waals surface area contributed by atoms with Crippen molar-refractivity contribution in [3.05, 3.63) is 0 Å². The predicted molar refractivity (Wildman–Crippen MR) is 63.4 cm³/mol. The van der Waals surface area contributed by atoms with Gasteiger partial charge >= 0.3 is 0 Å². The second-order valence-electron chi connectivity index (χ2n) is 6.08. The Balaban J connectivity index is 2.25. The first-order valence-electron chi connectivity index (χ1n) is 6.00. The Hall–Kier alpha value is -0.550. The maximum Gasteiger partial charge on any atom is 0.0628 e. The summed E-state index contributed by atoms with van der Waals surface area (Å²) in [5.41, 5.74) is 0.685. The van der Waals surface area contributed by atoms with Gasteiger partial charge in [-0.2, -0.15) is 5.26 Å². The Labute approximate surface area is 94.1 Å². The minimum atomic E-state index is 0.335. The summed E-state index contributed by atoms with van der Waals surface area (Å²) >= 11 is 0. The van der Waals surface area contributed by atoms with Crippen LogP contribution in [0.3, 0.4) is 0 Å². The molecule has 0 aromatic heterocycles. The lowest BCUT2D eigenvalue weighted by Crippen LogP contribution is -2.36. The number of rotatable bonds is 6. The highest BCUT2D eigenvalue weighted by molar-refractivity contribution is 5.00. The third kappa shape index (κ3) is 3.50. The van der Waals surface area contributed by atoms with E-state index in [2.05, 4.69) is 39.1 Å². The molecule has 15 heavy (non-hydrogen) atoms. The van der Waals surface area contributed by atoms with E-state index in [1.165, 1.54) is 12.8 Å². The monoisotopic (exact) mass is 208 g/mol. The smallest absolute Gasteiger partial charge is 0.0628 e. The molecule has 86 valence electrons. The molecule has 2 heteroatoms. The number of nitriles is 1. The van der Waals surface area contributed by atoms with Gasteiger partial charge in [-0.25, -0.2) is 0 Å². The van der Waals surface area contributed by atoms with Crippen molar-refractivity contribution in [2.45, 2.75) is 47.0 Å². The van der Waals surface area contributed by atoms with Crippen LogP contribution in [0.4, 0.5) is 0 Å². The van der Waals surface area contributed by atoms with E-state index >= 15 is 0 Å². The van der Waals surface area contributed by atoms with Gasteiger partial charge in [0.05, 0.1) is 6.07 Å². The minimum Gasteiger partial charge on any atom is -0.316 e. The molecule has 0 unspecified atom stereocenters. The largest absolute Gasteiger partial charge is 0.316 e. The molecule has 2 nitrogen and oxygen atoms in total. The van der Waals surface area contributed by atoms with Crippen molar-refractivity contribution >= 4 is 0 Å². The quantitative estimate of drug-likeness (QED) is 0.728. The zero-order chi connectivity index (χ0) is 11.5. The summed E-state index contributed by atoms with van der Waals surface area (Å²) in [4.78, 5) is 0. The van der Waals surface area contributed by atoms with Crippen LogP contribution in [-0.4, -0.2) is 13.1 Å². The van der Waals surface area contributed by atoms with Crippen LogP contribution in [0, 0.1) is 28.1 Å². The SMILES string of the molecule is CC(C)C(C)(C)CNCC1(CC#N)CC1. The van der Waals surface area contributed by atoms with E-state index in [0.717, 1.165) is 19.5 Å². The van der Waals surface area contributed by atoms with Gasteiger partial charge in [0.15, 0.2) is 0 Å². The maximum absolute atomic E-state index is 8.71. The Morgan fingerprint density at radius 2 is 2.00 bits per heavy atom. The third-order valence-electron chi connectivity index (χ3n) is 4.05. The first-order valence-corrected chi connectivity index (χ1v) is 6.00. The highest BCUT2D eigenvalue weighted by Gasteiger charge is 2.42. The van der Waals surface area contributed by atoms with Crippen molar-refractivity contribution in [2.24, 2.45) is 16.7 Å². The van der Waals surface area contributed by atoms with Gasteiger partial charge in [0.1, 0.15) is 0 Å². The van der Waals surface area contributed by atoms with Crippen LogP contribution in [0.15, 0.2) is 0 Å². The molecule has 1 aliphatic rings. The van der Waals surface area contributed by atoms with Crippen LogP contribution < -0.4 is 5.32 Å². The van der Waals surface area contributed by atoms with Crippen molar-refractivity contribution < 1.29 is 0 Å².